The lowest BCUT2D eigenvalue weighted by molar-refractivity contribution is -0.204. The summed E-state index contributed by atoms with van der Waals surface area (Å²) in [5.74, 6) is -0.585. The van der Waals surface area contributed by atoms with Gasteiger partial charge in [-0.2, -0.15) is 5.06 Å². The second kappa shape index (κ2) is 15.4. The molecule has 2 bridgehead atoms. The fourth-order valence-corrected chi connectivity index (χ4v) is 11.9. The molecule has 2 N–H and O–H groups in total. The molecule has 8 aliphatic rings. The number of hydroxylamine groups is 2. The summed E-state index contributed by atoms with van der Waals surface area (Å²) in [7, 11) is 0. The molecule has 1 aromatic rings. The minimum atomic E-state index is -1.40. The lowest BCUT2D eigenvalue weighted by Gasteiger charge is -2.53. The second-order valence-electron chi connectivity index (χ2n) is 20.6. The fraction of sp³-hybridized carbons (Fsp3) is 0.739. The van der Waals surface area contributed by atoms with Gasteiger partial charge in [0.2, 0.25) is 11.8 Å². The monoisotopic (exact) mass is 833 g/mol. The first kappa shape index (κ1) is 41.9. The molecule has 0 spiro atoms. The van der Waals surface area contributed by atoms with E-state index in [9.17, 15) is 19.5 Å². The second-order valence-corrected chi connectivity index (χ2v) is 20.6. The van der Waals surface area contributed by atoms with Crippen LogP contribution in [0.1, 0.15) is 117 Å². The Balaban J connectivity index is 0.952. The first-order valence-electron chi connectivity index (χ1n) is 22.3. The normalized spacial score (nSPS) is 38.9. The maximum atomic E-state index is 15.3. The van der Waals surface area contributed by atoms with Crippen molar-refractivity contribution in [2.24, 2.45) is 22.7 Å². The molecular formula is C46H63N3O11. The summed E-state index contributed by atoms with van der Waals surface area (Å²) < 4.78 is 29.7. The van der Waals surface area contributed by atoms with Crippen molar-refractivity contribution in [3.8, 4) is 0 Å². The Morgan fingerprint density at radius 3 is 2.65 bits per heavy atom. The van der Waals surface area contributed by atoms with Gasteiger partial charge >= 0.3 is 11.9 Å². The van der Waals surface area contributed by atoms with Crippen LogP contribution in [-0.4, -0.2) is 119 Å². The summed E-state index contributed by atoms with van der Waals surface area (Å²) in [5.41, 5.74) is 1.76. The molecule has 8 fully saturated rings. The average Bonchev–Trinajstić information content (AvgIpc) is 3.65. The molecule has 1 aromatic carbocycles. The number of rotatable bonds is 10. The van der Waals surface area contributed by atoms with Crippen molar-refractivity contribution < 1.29 is 52.8 Å². The van der Waals surface area contributed by atoms with Crippen LogP contribution in [0, 0.1) is 22.7 Å². The number of nitrogens with one attached hydrogen (secondary N) is 1. The number of aliphatic hydroxyl groups excluding tert-OH is 1. The van der Waals surface area contributed by atoms with Gasteiger partial charge in [-0.3, -0.25) is 24.0 Å². The van der Waals surface area contributed by atoms with Gasteiger partial charge in [0, 0.05) is 19.4 Å². The number of hydrogen-bond acceptors (Lipinski definition) is 12. The van der Waals surface area contributed by atoms with Gasteiger partial charge in [-0.1, -0.05) is 49.8 Å². The summed E-state index contributed by atoms with van der Waals surface area (Å²) in [6.07, 6.45) is 6.71. The number of ether oxygens (including phenoxy) is 5. The van der Waals surface area contributed by atoms with E-state index in [-0.39, 0.29) is 50.7 Å². The number of esters is 2. The van der Waals surface area contributed by atoms with Gasteiger partial charge in [0.05, 0.1) is 30.9 Å². The van der Waals surface area contributed by atoms with E-state index in [1.165, 1.54) is 18.4 Å². The topological polar surface area (TPSA) is 166 Å². The van der Waals surface area contributed by atoms with E-state index < -0.39 is 71.4 Å². The maximum Gasteiger partial charge on any atom is 0.327 e. The molecule has 5 saturated heterocycles. The number of nitrogens with zero attached hydrogens (tertiary/aromatic N) is 2. The van der Waals surface area contributed by atoms with E-state index in [1.54, 1.807) is 30.7 Å². The van der Waals surface area contributed by atoms with E-state index in [0.29, 0.717) is 42.7 Å². The number of carbonyl (C=O) groups excluding carboxylic acids is 4. The molecule has 5 aliphatic heterocycles. The predicted molar refractivity (Wildman–Crippen MR) is 216 cm³/mol. The standard InChI is InChI=1S/C46H63N3O11/c1-43(2,3)59-35(51)15-13-29(24-50)47-40(52)32-11-8-18-48(32)42(54)46-22-33-36-37(56-25-55-36)39(46)60-49(38(46)41(53)57-33)23-27-10-7-9-26(19-27)20-28-12-14-34-45(6,58-34)17-16-31-30(28)21-44(31,4)5/h7,9-10,19-20,29-34,36-39,50H,8,11-18,21-25H2,1-6H3,(H,47,52)/t29-,30+,31+,32+,33+,34?,36-,37-,38-,39+,45+,46-/m0/s1. The highest BCUT2D eigenvalue weighted by Crippen LogP contribution is 2.60. The number of epoxide rings is 1. The molecule has 60 heavy (non-hydrogen) atoms. The Labute approximate surface area is 352 Å². The highest BCUT2D eigenvalue weighted by Gasteiger charge is 2.75. The molecule has 12 atom stereocenters. The number of aliphatic hydroxyl groups is 1. The minimum absolute atomic E-state index is 0.0128. The SMILES string of the molecule is CC(C)(C)OC(=O)CC[C@@H](CO)NC(=O)[C@H]1CCCN1C(=O)[C@@]12C[C@H]3OC(=O)[C@@H]1N(Cc1cccc(C=C4CCC5O[C@]5(C)CC[C@@H]5[C@@H]4CC5(C)C)c1)O[C@@H]2[C@H]1OCO[C@H]13. The zero-order valence-electron chi connectivity index (χ0n) is 36.0. The quantitative estimate of drug-likeness (QED) is 0.249. The van der Waals surface area contributed by atoms with Gasteiger partial charge in [-0.25, -0.2) is 0 Å². The fourth-order valence-electron chi connectivity index (χ4n) is 11.9. The maximum absolute atomic E-state index is 15.3. The third kappa shape index (κ3) is 7.50. The number of allylic oxidation sites excluding steroid dienone is 1. The van der Waals surface area contributed by atoms with E-state index in [4.69, 9.17) is 28.5 Å². The van der Waals surface area contributed by atoms with E-state index in [1.807, 2.05) is 12.1 Å². The molecule has 3 aliphatic carbocycles. The van der Waals surface area contributed by atoms with Crippen LogP contribution in [-0.2, 0) is 54.2 Å². The zero-order valence-corrected chi connectivity index (χ0v) is 36.0. The number of hydrogen-bond donors (Lipinski definition) is 2. The molecule has 1 unspecified atom stereocenters. The lowest BCUT2D eigenvalue weighted by atomic mass is 9.52. The van der Waals surface area contributed by atoms with Crippen LogP contribution in [0.5, 0.6) is 0 Å². The Bertz CT molecular complexity index is 1910. The van der Waals surface area contributed by atoms with Crippen LogP contribution in [0.15, 0.2) is 29.8 Å². The van der Waals surface area contributed by atoms with Crippen molar-refractivity contribution >= 4 is 29.8 Å². The van der Waals surface area contributed by atoms with Crippen LogP contribution in [0.3, 0.4) is 0 Å². The largest absolute Gasteiger partial charge is 0.460 e. The minimum Gasteiger partial charge on any atom is -0.460 e. The van der Waals surface area contributed by atoms with Gasteiger partial charge < -0.3 is 39.0 Å². The molecular weight excluding hydrogens is 771 g/mol. The van der Waals surface area contributed by atoms with Gasteiger partial charge in [-0.05, 0) is 107 Å². The van der Waals surface area contributed by atoms with Gasteiger partial charge in [0.25, 0.3) is 0 Å². The number of amides is 2. The lowest BCUT2D eigenvalue weighted by Crippen LogP contribution is -2.70. The highest BCUT2D eigenvalue weighted by molar-refractivity contribution is 5.96. The number of fused-ring (bicyclic) bond motifs is 6. The number of carbonyl (C=O) groups is 4. The summed E-state index contributed by atoms with van der Waals surface area (Å²) >= 11 is 0. The van der Waals surface area contributed by atoms with Crippen molar-refractivity contribution in [3.63, 3.8) is 0 Å². The summed E-state index contributed by atoms with van der Waals surface area (Å²) in [6, 6.07) is 5.68. The molecule has 2 amide bonds. The van der Waals surface area contributed by atoms with Gasteiger partial charge in [0.15, 0.2) is 6.04 Å². The Hall–Kier alpha value is -3.40. The van der Waals surface area contributed by atoms with Crippen molar-refractivity contribution in [3.05, 3.63) is 41.0 Å². The molecule has 3 saturated carbocycles. The molecule has 5 heterocycles. The van der Waals surface area contributed by atoms with Crippen LogP contribution in [0.25, 0.3) is 6.08 Å². The van der Waals surface area contributed by atoms with E-state index >= 15 is 4.79 Å². The van der Waals surface area contributed by atoms with Gasteiger partial charge in [-0.15, -0.1) is 0 Å². The summed E-state index contributed by atoms with van der Waals surface area (Å²) in [5, 5.41) is 14.6. The Kier molecular flexibility index (Phi) is 10.8. The van der Waals surface area contributed by atoms with Crippen molar-refractivity contribution in [1.29, 1.82) is 0 Å². The average molecular weight is 834 g/mol. The number of benzene rings is 1. The molecule has 14 nitrogen and oxygen atoms in total. The number of likely N-dealkylation sites (tertiary alicyclic amines) is 1. The third-order valence-corrected chi connectivity index (χ3v) is 15.0. The molecule has 0 aromatic heterocycles. The van der Waals surface area contributed by atoms with Crippen molar-refractivity contribution in [1.82, 2.24) is 15.3 Å². The van der Waals surface area contributed by atoms with Crippen LogP contribution in [0.4, 0.5) is 0 Å². The summed E-state index contributed by atoms with van der Waals surface area (Å²) in [6.45, 7) is 12.5. The molecule has 328 valence electrons. The molecule has 0 radical (unpaired) electrons. The highest BCUT2D eigenvalue weighted by atomic mass is 16.8. The Morgan fingerprint density at radius 2 is 1.88 bits per heavy atom. The molecule has 14 heteroatoms. The molecule has 9 rings (SSSR count). The Morgan fingerprint density at radius 1 is 1.08 bits per heavy atom. The smallest absolute Gasteiger partial charge is 0.327 e. The van der Waals surface area contributed by atoms with Crippen molar-refractivity contribution in [2.45, 2.75) is 172 Å². The van der Waals surface area contributed by atoms with E-state index in [0.717, 1.165) is 30.4 Å². The van der Waals surface area contributed by atoms with Gasteiger partial charge in [0.1, 0.15) is 48.3 Å². The van der Waals surface area contributed by atoms with Crippen LogP contribution >= 0.6 is 0 Å². The van der Waals surface area contributed by atoms with E-state index in [2.05, 4.69) is 44.3 Å². The third-order valence-electron chi connectivity index (χ3n) is 15.0. The van der Waals surface area contributed by atoms with Crippen LogP contribution in [0.2, 0.25) is 0 Å². The first-order valence-corrected chi connectivity index (χ1v) is 22.3. The van der Waals surface area contributed by atoms with Crippen LogP contribution < -0.4 is 5.32 Å². The van der Waals surface area contributed by atoms with Crippen molar-refractivity contribution in [2.75, 3.05) is 19.9 Å². The first-order chi connectivity index (χ1) is 28.5. The summed E-state index contributed by atoms with van der Waals surface area (Å²) in [4.78, 5) is 64.1. The predicted octanol–water partition coefficient (Wildman–Crippen LogP) is 4.60. The zero-order chi connectivity index (χ0) is 42.4.